The summed E-state index contributed by atoms with van der Waals surface area (Å²) in [6.45, 7) is 0. The first kappa shape index (κ1) is 20.7. The van der Waals surface area contributed by atoms with Crippen LogP contribution in [0.4, 0.5) is 10.1 Å². The van der Waals surface area contributed by atoms with E-state index in [1.165, 1.54) is 62.0 Å². The molecule has 3 rings (SSSR count). The maximum absolute atomic E-state index is 13.1. The maximum Gasteiger partial charge on any atom is 0.280 e. The van der Waals surface area contributed by atoms with Crippen LogP contribution in [-0.4, -0.2) is 43.7 Å². The molecule has 2 N–H and O–H groups in total. The minimum Gasteiger partial charge on any atom is -0.495 e. The van der Waals surface area contributed by atoms with Gasteiger partial charge in [-0.3, -0.25) is 14.7 Å². The number of nitrogens with zero attached hydrogens (tertiary/aromatic N) is 2. The van der Waals surface area contributed by atoms with Gasteiger partial charge >= 0.3 is 0 Å². The van der Waals surface area contributed by atoms with Crippen LogP contribution in [0.1, 0.15) is 10.4 Å². The first-order valence-electron chi connectivity index (χ1n) is 8.10. The van der Waals surface area contributed by atoms with E-state index >= 15 is 0 Å². The number of hydrogen-bond donors (Lipinski definition) is 2. The molecule has 0 saturated heterocycles. The van der Waals surface area contributed by atoms with Crippen molar-refractivity contribution in [1.29, 1.82) is 0 Å². The molecule has 0 radical (unpaired) electrons. The number of halogens is 1. The first-order chi connectivity index (χ1) is 13.7. The summed E-state index contributed by atoms with van der Waals surface area (Å²) in [5.74, 6) is -0.988. The molecule has 0 atom stereocenters. The number of amides is 1. The largest absolute Gasteiger partial charge is 0.495 e. The second-order valence-electron chi connectivity index (χ2n) is 5.85. The number of aromatic nitrogens is 1. The van der Waals surface area contributed by atoms with Crippen LogP contribution in [0.3, 0.4) is 0 Å². The molecule has 152 valence electrons. The van der Waals surface area contributed by atoms with Crippen LogP contribution in [0.5, 0.6) is 5.75 Å². The van der Waals surface area contributed by atoms with Crippen molar-refractivity contribution in [3.05, 3.63) is 59.2 Å². The third-order valence-corrected chi connectivity index (χ3v) is 6.13. The summed E-state index contributed by atoms with van der Waals surface area (Å²) in [4.78, 5) is 16.0. The summed E-state index contributed by atoms with van der Waals surface area (Å²) in [5.41, 5.74) is 0.800. The van der Waals surface area contributed by atoms with Gasteiger partial charge in [0.2, 0.25) is 0 Å². The quantitative estimate of drug-likeness (QED) is 0.453. The zero-order valence-electron chi connectivity index (χ0n) is 15.3. The Bertz CT molecular complexity index is 1140. The van der Waals surface area contributed by atoms with Crippen molar-refractivity contribution in [1.82, 2.24) is 10.0 Å². The lowest BCUT2D eigenvalue weighted by Gasteiger charge is -2.13. The number of hydrogen-bond acceptors (Lipinski definition) is 7. The van der Waals surface area contributed by atoms with Gasteiger partial charge in [-0.2, -0.15) is 8.42 Å². The van der Waals surface area contributed by atoms with Crippen LogP contribution in [-0.2, 0) is 10.0 Å². The maximum atomic E-state index is 13.1. The Morgan fingerprint density at radius 1 is 1.24 bits per heavy atom. The zero-order valence-corrected chi connectivity index (χ0v) is 16.9. The van der Waals surface area contributed by atoms with Gasteiger partial charge in [-0.05, 0) is 42.5 Å². The van der Waals surface area contributed by atoms with Gasteiger partial charge < -0.3 is 4.74 Å². The standard InChI is InChI=1S/C18H16FN3O5S2/c1-22(24)18(23)12-5-8-14(15(9-12)27-2)21-29(25,26)16-10-28-17(20-16)11-3-6-13(19)7-4-11/h3-10,21,24H,1-2H3. The summed E-state index contributed by atoms with van der Waals surface area (Å²) in [7, 11) is -1.55. The topological polar surface area (TPSA) is 109 Å². The molecule has 1 amide bonds. The number of hydroxylamine groups is 2. The average molecular weight is 437 g/mol. The van der Waals surface area contributed by atoms with E-state index in [9.17, 15) is 22.8 Å². The van der Waals surface area contributed by atoms with Crippen molar-refractivity contribution >= 4 is 33.0 Å². The van der Waals surface area contributed by atoms with Gasteiger partial charge in [0.1, 0.15) is 16.6 Å². The van der Waals surface area contributed by atoms with Gasteiger partial charge in [-0.25, -0.2) is 14.4 Å². The third kappa shape index (κ3) is 4.53. The molecular weight excluding hydrogens is 421 g/mol. The molecule has 0 unspecified atom stereocenters. The second-order valence-corrected chi connectivity index (χ2v) is 8.33. The lowest BCUT2D eigenvalue weighted by Crippen LogP contribution is -2.22. The highest BCUT2D eigenvalue weighted by Crippen LogP contribution is 2.30. The number of carbonyl (C=O) groups is 1. The van der Waals surface area contributed by atoms with E-state index in [-0.39, 0.29) is 22.0 Å². The Balaban J connectivity index is 1.88. The Morgan fingerprint density at radius 2 is 1.93 bits per heavy atom. The molecular formula is C18H16FN3O5S2. The van der Waals surface area contributed by atoms with Gasteiger partial charge in [-0.1, -0.05) is 0 Å². The first-order valence-corrected chi connectivity index (χ1v) is 10.5. The number of benzene rings is 2. The van der Waals surface area contributed by atoms with Gasteiger partial charge in [0.05, 0.1) is 12.8 Å². The van der Waals surface area contributed by atoms with Crippen molar-refractivity contribution in [3.63, 3.8) is 0 Å². The van der Waals surface area contributed by atoms with E-state index in [1.807, 2.05) is 0 Å². The smallest absolute Gasteiger partial charge is 0.280 e. The fraction of sp³-hybridized carbons (Fsp3) is 0.111. The normalized spacial score (nSPS) is 11.2. The summed E-state index contributed by atoms with van der Waals surface area (Å²) in [5, 5.41) is 11.2. The average Bonchev–Trinajstić information content (AvgIpc) is 3.19. The van der Waals surface area contributed by atoms with E-state index in [1.54, 1.807) is 0 Å². The molecule has 0 fully saturated rings. The van der Waals surface area contributed by atoms with Crippen LogP contribution in [0.25, 0.3) is 10.6 Å². The number of ether oxygens (including phenoxy) is 1. The lowest BCUT2D eigenvalue weighted by atomic mass is 10.2. The van der Waals surface area contributed by atoms with Crippen LogP contribution < -0.4 is 9.46 Å². The summed E-state index contributed by atoms with van der Waals surface area (Å²) >= 11 is 1.10. The Labute approximate surface area is 170 Å². The summed E-state index contributed by atoms with van der Waals surface area (Å²) in [6, 6.07) is 9.55. The molecule has 2 aromatic carbocycles. The van der Waals surface area contributed by atoms with Gasteiger partial charge in [0.25, 0.3) is 15.9 Å². The minimum absolute atomic E-state index is 0.0928. The summed E-state index contributed by atoms with van der Waals surface area (Å²) in [6.07, 6.45) is 0. The van der Waals surface area contributed by atoms with Crippen LogP contribution in [0.2, 0.25) is 0 Å². The molecule has 11 heteroatoms. The van der Waals surface area contributed by atoms with Crippen molar-refractivity contribution in [2.75, 3.05) is 18.9 Å². The number of nitrogens with one attached hydrogen (secondary N) is 1. The fourth-order valence-electron chi connectivity index (χ4n) is 2.40. The molecule has 3 aromatic rings. The van der Waals surface area contributed by atoms with E-state index in [0.717, 1.165) is 11.3 Å². The Kier molecular flexibility index (Phi) is 5.82. The van der Waals surface area contributed by atoms with Gasteiger partial charge in [-0.15, -0.1) is 11.3 Å². The Morgan fingerprint density at radius 3 is 2.55 bits per heavy atom. The molecule has 1 heterocycles. The van der Waals surface area contributed by atoms with E-state index in [4.69, 9.17) is 4.74 Å². The Hall–Kier alpha value is -3.02. The number of sulfonamides is 1. The molecule has 1 aromatic heterocycles. The molecule has 29 heavy (non-hydrogen) atoms. The van der Waals surface area contributed by atoms with E-state index < -0.39 is 21.7 Å². The predicted octanol–water partition coefficient (Wildman–Crippen LogP) is 3.22. The highest BCUT2D eigenvalue weighted by molar-refractivity contribution is 7.92. The molecule has 0 aliphatic rings. The second kappa shape index (κ2) is 8.15. The molecule has 0 spiro atoms. The molecule has 0 aliphatic carbocycles. The zero-order chi connectivity index (χ0) is 21.2. The van der Waals surface area contributed by atoms with E-state index in [2.05, 4.69) is 9.71 Å². The van der Waals surface area contributed by atoms with Gasteiger partial charge in [0.15, 0.2) is 5.03 Å². The van der Waals surface area contributed by atoms with Crippen molar-refractivity contribution in [3.8, 4) is 16.3 Å². The number of methoxy groups -OCH3 is 1. The van der Waals surface area contributed by atoms with Crippen molar-refractivity contribution in [2.24, 2.45) is 0 Å². The van der Waals surface area contributed by atoms with Crippen LogP contribution in [0, 0.1) is 5.82 Å². The highest BCUT2D eigenvalue weighted by Gasteiger charge is 2.22. The fourth-order valence-corrected chi connectivity index (χ4v) is 4.57. The minimum atomic E-state index is -4.04. The van der Waals surface area contributed by atoms with Gasteiger partial charge in [0, 0.05) is 23.6 Å². The van der Waals surface area contributed by atoms with Crippen LogP contribution >= 0.6 is 11.3 Å². The lowest BCUT2D eigenvalue weighted by molar-refractivity contribution is -0.0375. The van der Waals surface area contributed by atoms with E-state index in [0.29, 0.717) is 15.6 Å². The number of carbonyl (C=O) groups excluding carboxylic acids is 1. The molecule has 8 nitrogen and oxygen atoms in total. The SMILES string of the molecule is COc1cc(C(=O)N(C)O)ccc1NS(=O)(=O)c1csc(-c2ccc(F)cc2)n1. The third-order valence-electron chi connectivity index (χ3n) is 3.84. The van der Waals surface area contributed by atoms with Crippen molar-refractivity contribution < 1.29 is 27.5 Å². The summed E-state index contributed by atoms with van der Waals surface area (Å²) < 4.78 is 46.0. The number of thiazole rings is 1. The monoisotopic (exact) mass is 437 g/mol. The highest BCUT2D eigenvalue weighted by atomic mass is 32.2. The van der Waals surface area contributed by atoms with Crippen molar-refractivity contribution in [2.45, 2.75) is 5.03 Å². The van der Waals surface area contributed by atoms with Crippen LogP contribution in [0.15, 0.2) is 52.9 Å². The molecule has 0 aliphatic heterocycles. The molecule has 0 saturated carbocycles. The molecule has 0 bridgehead atoms. The number of anilines is 1. The predicted molar refractivity (Wildman–Crippen MR) is 105 cm³/mol. The number of rotatable bonds is 6.